The van der Waals surface area contributed by atoms with Crippen molar-refractivity contribution in [2.75, 3.05) is 6.54 Å². The lowest BCUT2D eigenvalue weighted by Gasteiger charge is -2.33. The van der Waals surface area contributed by atoms with Gasteiger partial charge in [-0.3, -0.25) is 9.69 Å². The molecule has 8 heteroatoms. The molecule has 6 nitrogen and oxygen atoms in total. The third-order valence-electron chi connectivity index (χ3n) is 8.40. The Bertz CT molecular complexity index is 998. The minimum absolute atomic E-state index is 0.0265. The number of rotatable bonds is 11. The molecule has 0 aromatic carbocycles. The van der Waals surface area contributed by atoms with Crippen molar-refractivity contribution < 1.29 is 4.79 Å². The Morgan fingerprint density at radius 3 is 2.58 bits per heavy atom. The van der Waals surface area contributed by atoms with Gasteiger partial charge in [0.2, 0.25) is 5.91 Å². The van der Waals surface area contributed by atoms with E-state index in [4.69, 9.17) is 11.6 Å². The van der Waals surface area contributed by atoms with Crippen molar-refractivity contribution >= 4 is 28.8 Å². The molecule has 2 aliphatic rings. The fourth-order valence-corrected chi connectivity index (χ4v) is 7.48. The fraction of sp³-hybridized carbons (Fsp3) is 0.750. The van der Waals surface area contributed by atoms with E-state index in [-0.39, 0.29) is 17.9 Å². The number of likely N-dealkylation sites (tertiary alicyclic amines) is 1. The maximum atomic E-state index is 13.0. The Hall–Kier alpha value is -1.44. The first-order chi connectivity index (χ1) is 17.3. The molecule has 3 heterocycles. The van der Waals surface area contributed by atoms with E-state index in [0.29, 0.717) is 24.0 Å². The molecule has 1 saturated heterocycles. The Kier molecular flexibility index (Phi) is 9.51. The average molecular weight is 534 g/mol. The third-order valence-corrected chi connectivity index (χ3v) is 9.74. The van der Waals surface area contributed by atoms with Crippen molar-refractivity contribution in [3.05, 3.63) is 33.0 Å². The van der Waals surface area contributed by atoms with Gasteiger partial charge in [-0.05, 0) is 70.9 Å². The number of nitrogens with one attached hydrogen (secondary N) is 1. The predicted octanol–water partition coefficient (Wildman–Crippen LogP) is 7.06. The van der Waals surface area contributed by atoms with Crippen LogP contribution in [0.1, 0.15) is 120 Å². The standard InChI is InChI=1S/C28H44ClN5OS/c1-6-22(34-20(5)31-32-27(34)18(2)3)17-23-12-11-19(4)33(23)16-15-24(25-13-14-26(29)36-25)30-28(35)21-9-7-8-10-21/h13-14,18-19,21-24H,6-12,15-17H2,1-5H3,(H,30,35)/t19?,22?,23?,24-/m0/s1. The molecule has 4 atom stereocenters. The highest BCUT2D eigenvalue weighted by atomic mass is 35.5. The lowest BCUT2D eigenvalue weighted by molar-refractivity contribution is -0.125. The lowest BCUT2D eigenvalue weighted by atomic mass is 10.0. The number of hydrogen-bond acceptors (Lipinski definition) is 5. The number of carbonyl (C=O) groups is 1. The van der Waals surface area contributed by atoms with Crippen LogP contribution in [0.25, 0.3) is 0 Å². The summed E-state index contributed by atoms with van der Waals surface area (Å²) in [6.07, 6.45) is 9.93. The van der Waals surface area contributed by atoms with Gasteiger partial charge >= 0.3 is 0 Å². The van der Waals surface area contributed by atoms with Crippen molar-refractivity contribution in [2.45, 2.75) is 122 Å². The van der Waals surface area contributed by atoms with Gasteiger partial charge in [-0.1, -0.05) is 45.2 Å². The summed E-state index contributed by atoms with van der Waals surface area (Å²) in [5.41, 5.74) is 0. The Morgan fingerprint density at radius 2 is 1.94 bits per heavy atom. The highest BCUT2D eigenvalue weighted by Gasteiger charge is 2.34. The predicted molar refractivity (Wildman–Crippen MR) is 149 cm³/mol. The number of carbonyl (C=O) groups excluding carboxylic acids is 1. The van der Waals surface area contributed by atoms with Crippen LogP contribution in [0.2, 0.25) is 4.34 Å². The quantitative estimate of drug-likeness (QED) is 0.336. The Morgan fingerprint density at radius 1 is 1.19 bits per heavy atom. The summed E-state index contributed by atoms with van der Waals surface area (Å²) in [4.78, 5) is 16.9. The molecule has 1 N–H and O–H groups in total. The summed E-state index contributed by atoms with van der Waals surface area (Å²) in [6, 6.07) is 5.56. The van der Waals surface area contributed by atoms with Gasteiger partial charge in [0.15, 0.2) is 0 Å². The van der Waals surface area contributed by atoms with E-state index >= 15 is 0 Å². The molecule has 2 aromatic heterocycles. The molecule has 2 fully saturated rings. The number of hydrogen-bond donors (Lipinski definition) is 1. The van der Waals surface area contributed by atoms with Gasteiger partial charge < -0.3 is 9.88 Å². The van der Waals surface area contributed by atoms with Crippen molar-refractivity contribution in [1.82, 2.24) is 25.0 Å². The van der Waals surface area contributed by atoms with Crippen LogP contribution >= 0.6 is 22.9 Å². The first-order valence-electron chi connectivity index (χ1n) is 14.0. The molecule has 200 valence electrons. The molecule has 3 unspecified atom stereocenters. The smallest absolute Gasteiger partial charge is 0.223 e. The van der Waals surface area contributed by atoms with E-state index < -0.39 is 0 Å². The number of thiophene rings is 1. The van der Waals surface area contributed by atoms with Crippen LogP contribution in [0.15, 0.2) is 12.1 Å². The molecule has 1 aliphatic heterocycles. The fourth-order valence-electron chi connectivity index (χ4n) is 6.34. The number of nitrogens with zero attached hydrogens (tertiary/aromatic N) is 4. The zero-order valence-corrected chi connectivity index (χ0v) is 24.2. The summed E-state index contributed by atoms with van der Waals surface area (Å²) in [5.74, 6) is 2.88. The highest BCUT2D eigenvalue weighted by molar-refractivity contribution is 7.16. The SMILES string of the molecule is CCC(CC1CCC(C)N1CC[C@H](NC(=O)C1CCCC1)c1ccc(Cl)s1)n1c(C)nnc1C(C)C. The lowest BCUT2D eigenvalue weighted by Crippen LogP contribution is -2.40. The van der Waals surface area contributed by atoms with E-state index in [0.717, 1.165) is 54.6 Å². The number of amides is 1. The molecular weight excluding hydrogens is 490 g/mol. The average Bonchev–Trinajstić information content (AvgIpc) is 3.64. The van der Waals surface area contributed by atoms with E-state index in [9.17, 15) is 4.79 Å². The van der Waals surface area contributed by atoms with Crippen LogP contribution in [0.3, 0.4) is 0 Å². The first kappa shape index (κ1) is 27.6. The van der Waals surface area contributed by atoms with Crippen molar-refractivity contribution in [3.8, 4) is 0 Å². The van der Waals surface area contributed by atoms with E-state index in [2.05, 4.69) is 65.7 Å². The molecule has 1 aliphatic carbocycles. The summed E-state index contributed by atoms with van der Waals surface area (Å²) < 4.78 is 3.18. The van der Waals surface area contributed by atoms with Crippen LogP contribution in [0.4, 0.5) is 0 Å². The van der Waals surface area contributed by atoms with Crippen LogP contribution in [-0.4, -0.2) is 44.2 Å². The normalized spacial score (nSPS) is 23.0. The molecule has 1 saturated carbocycles. The topological polar surface area (TPSA) is 63.1 Å². The van der Waals surface area contributed by atoms with E-state index in [1.807, 2.05) is 6.07 Å². The van der Waals surface area contributed by atoms with E-state index in [1.54, 1.807) is 11.3 Å². The maximum absolute atomic E-state index is 13.0. The molecule has 0 bridgehead atoms. The van der Waals surface area contributed by atoms with Crippen LogP contribution < -0.4 is 5.32 Å². The monoisotopic (exact) mass is 533 g/mol. The van der Waals surface area contributed by atoms with Gasteiger partial charge in [0.05, 0.1) is 10.4 Å². The van der Waals surface area contributed by atoms with Gasteiger partial charge in [-0.2, -0.15) is 0 Å². The number of aromatic nitrogens is 3. The summed E-state index contributed by atoms with van der Waals surface area (Å²) in [6.45, 7) is 12.1. The Labute approximate surface area is 226 Å². The molecule has 1 amide bonds. The van der Waals surface area contributed by atoms with Crippen molar-refractivity contribution in [1.29, 1.82) is 0 Å². The number of aryl methyl sites for hydroxylation is 1. The highest BCUT2D eigenvalue weighted by Crippen LogP contribution is 2.35. The van der Waals surface area contributed by atoms with Crippen molar-refractivity contribution in [2.24, 2.45) is 5.92 Å². The van der Waals surface area contributed by atoms with Gasteiger partial charge in [-0.15, -0.1) is 21.5 Å². The van der Waals surface area contributed by atoms with Gasteiger partial charge in [0, 0.05) is 41.4 Å². The molecule has 0 radical (unpaired) electrons. The zero-order chi connectivity index (χ0) is 25.8. The van der Waals surface area contributed by atoms with Crippen LogP contribution in [-0.2, 0) is 4.79 Å². The molecular formula is C28H44ClN5OS. The summed E-state index contributed by atoms with van der Waals surface area (Å²) in [5, 5.41) is 12.3. The minimum Gasteiger partial charge on any atom is -0.348 e. The zero-order valence-electron chi connectivity index (χ0n) is 22.7. The molecule has 2 aromatic rings. The minimum atomic E-state index is 0.0265. The summed E-state index contributed by atoms with van der Waals surface area (Å²) >= 11 is 7.89. The number of halogens is 1. The molecule has 0 spiro atoms. The third kappa shape index (κ3) is 6.33. The molecule has 36 heavy (non-hydrogen) atoms. The maximum Gasteiger partial charge on any atom is 0.223 e. The van der Waals surface area contributed by atoms with E-state index in [1.165, 1.54) is 30.6 Å². The van der Waals surface area contributed by atoms with Crippen LogP contribution in [0, 0.1) is 12.8 Å². The summed E-state index contributed by atoms with van der Waals surface area (Å²) in [7, 11) is 0. The van der Waals surface area contributed by atoms with Gasteiger partial charge in [-0.25, -0.2) is 0 Å². The molecule has 4 rings (SSSR count). The second-order valence-corrected chi connectivity index (χ2v) is 13.0. The van der Waals surface area contributed by atoms with Crippen LogP contribution in [0.5, 0.6) is 0 Å². The second kappa shape index (κ2) is 12.4. The second-order valence-electron chi connectivity index (χ2n) is 11.2. The Balaban J connectivity index is 1.45. The largest absolute Gasteiger partial charge is 0.348 e. The first-order valence-corrected chi connectivity index (χ1v) is 15.2. The van der Waals surface area contributed by atoms with Gasteiger partial charge in [0.25, 0.3) is 0 Å². The van der Waals surface area contributed by atoms with Gasteiger partial charge in [0.1, 0.15) is 11.6 Å². The van der Waals surface area contributed by atoms with Crippen molar-refractivity contribution in [3.63, 3.8) is 0 Å².